The van der Waals surface area contributed by atoms with Crippen LogP contribution in [0.15, 0.2) is 53.4 Å². The topological polar surface area (TPSA) is 21.3 Å². The van der Waals surface area contributed by atoms with Gasteiger partial charge in [-0.05, 0) is 30.7 Å². The van der Waals surface area contributed by atoms with Gasteiger partial charge in [0.15, 0.2) is 5.75 Å². The molecule has 3 heteroatoms. The Morgan fingerprint density at radius 1 is 1.00 bits per heavy atom. The van der Waals surface area contributed by atoms with Crippen LogP contribution in [0.3, 0.4) is 0 Å². The molecule has 0 atom stereocenters. The summed E-state index contributed by atoms with van der Waals surface area (Å²) in [6, 6.07) is 16.3. The molecular formula is C14H16NOS+. The van der Waals surface area contributed by atoms with Gasteiger partial charge < -0.3 is 4.74 Å². The fraction of sp³-hybridized carbons (Fsp3) is 0.143. The minimum Gasteiger partial charge on any atom is -0.491 e. The number of para-hydroxylation sites is 2. The fourth-order valence-electron chi connectivity index (χ4n) is 1.54. The lowest BCUT2D eigenvalue weighted by Gasteiger charge is -2.04. The zero-order valence-corrected chi connectivity index (χ0v) is 10.9. The molecule has 0 saturated heterocycles. The van der Waals surface area contributed by atoms with Crippen LogP contribution in [0.4, 0.5) is 5.69 Å². The van der Waals surface area contributed by atoms with E-state index < -0.39 is 0 Å². The molecule has 2 rings (SSSR count). The smallest absolute Gasteiger partial charge is 0.220 e. The van der Waals surface area contributed by atoms with Crippen molar-refractivity contribution in [2.24, 2.45) is 0 Å². The third-order valence-electron chi connectivity index (χ3n) is 2.53. The summed E-state index contributed by atoms with van der Waals surface area (Å²) in [5.41, 5.74) is 2.40. The third-order valence-corrected chi connectivity index (χ3v) is 3.49. The van der Waals surface area contributed by atoms with Crippen molar-refractivity contribution in [3.8, 4) is 5.75 Å². The maximum absolute atomic E-state index is 5.32. The Labute approximate surface area is 106 Å². The average Bonchev–Trinajstić information content (AvgIpc) is 2.38. The Balaban J connectivity index is 2.10. The molecule has 88 valence electrons. The normalized spacial score (nSPS) is 10.0. The van der Waals surface area contributed by atoms with Crippen molar-refractivity contribution in [2.75, 3.05) is 11.8 Å². The number of methoxy groups -OCH3 is 1. The Hall–Kier alpha value is -1.61. The van der Waals surface area contributed by atoms with Crippen LogP contribution < -0.4 is 9.46 Å². The highest BCUT2D eigenvalue weighted by atomic mass is 32.2. The molecule has 0 radical (unpaired) electrons. The summed E-state index contributed by atoms with van der Waals surface area (Å²) in [6.45, 7) is 2.10. The highest BCUT2D eigenvalue weighted by Gasteiger charge is 2.10. The van der Waals surface area contributed by atoms with Gasteiger partial charge in [-0.2, -0.15) is 0 Å². The van der Waals surface area contributed by atoms with E-state index in [-0.39, 0.29) is 0 Å². The van der Waals surface area contributed by atoms with Crippen LogP contribution in [0.25, 0.3) is 0 Å². The van der Waals surface area contributed by atoms with E-state index in [1.165, 1.54) is 5.56 Å². The van der Waals surface area contributed by atoms with Crippen LogP contribution in [0, 0.1) is 6.92 Å². The van der Waals surface area contributed by atoms with Gasteiger partial charge in [-0.15, -0.1) is 0 Å². The molecule has 1 N–H and O–H groups in total. The lowest BCUT2D eigenvalue weighted by atomic mass is 10.2. The number of benzene rings is 2. The van der Waals surface area contributed by atoms with Crippen molar-refractivity contribution in [1.82, 2.24) is 0 Å². The molecule has 2 aromatic rings. The van der Waals surface area contributed by atoms with Crippen molar-refractivity contribution in [2.45, 2.75) is 11.8 Å². The van der Waals surface area contributed by atoms with Gasteiger partial charge in [0.2, 0.25) is 4.90 Å². The van der Waals surface area contributed by atoms with Gasteiger partial charge >= 0.3 is 0 Å². The number of hydrogen-bond acceptors (Lipinski definition) is 2. The average molecular weight is 246 g/mol. The SMILES string of the molecule is COc1ccccc1[SH+]Nc1ccccc1C. The molecule has 0 heterocycles. The van der Waals surface area contributed by atoms with Gasteiger partial charge in [0.1, 0.15) is 11.9 Å². The van der Waals surface area contributed by atoms with E-state index in [4.69, 9.17) is 4.74 Å². The van der Waals surface area contributed by atoms with E-state index >= 15 is 0 Å². The fourth-order valence-corrected chi connectivity index (χ4v) is 2.47. The maximum atomic E-state index is 5.32. The van der Waals surface area contributed by atoms with E-state index in [1.807, 2.05) is 30.3 Å². The highest BCUT2D eigenvalue weighted by molar-refractivity contribution is 7.80. The standard InChI is InChI=1S/C14H15NOS/c1-11-7-3-4-8-12(11)15-17-14-10-6-5-9-13(14)16-2/h3-10,15H,1-2H3/p+1. The summed E-state index contributed by atoms with van der Waals surface area (Å²) >= 11 is 1.04. The molecule has 0 aliphatic heterocycles. The minimum atomic E-state index is 0.912. The molecule has 0 fully saturated rings. The molecule has 0 unspecified atom stereocenters. The van der Waals surface area contributed by atoms with Crippen LogP contribution in [0.5, 0.6) is 5.75 Å². The van der Waals surface area contributed by atoms with E-state index in [9.17, 15) is 0 Å². The van der Waals surface area contributed by atoms with Crippen molar-refractivity contribution in [3.63, 3.8) is 0 Å². The minimum absolute atomic E-state index is 0.912. The summed E-state index contributed by atoms with van der Waals surface area (Å²) in [4.78, 5) is 1.14. The number of ether oxygens (including phenoxy) is 1. The second kappa shape index (κ2) is 5.64. The van der Waals surface area contributed by atoms with Crippen molar-refractivity contribution < 1.29 is 4.74 Å². The van der Waals surface area contributed by atoms with Gasteiger partial charge in [0.25, 0.3) is 0 Å². The van der Waals surface area contributed by atoms with Crippen LogP contribution in [-0.4, -0.2) is 7.11 Å². The number of anilines is 1. The van der Waals surface area contributed by atoms with Crippen molar-refractivity contribution >= 4 is 17.6 Å². The van der Waals surface area contributed by atoms with Gasteiger partial charge in [0, 0.05) is 0 Å². The predicted molar refractivity (Wildman–Crippen MR) is 74.8 cm³/mol. The lowest BCUT2D eigenvalue weighted by molar-refractivity contribution is 0.405. The van der Waals surface area contributed by atoms with Gasteiger partial charge in [-0.25, -0.2) is 4.72 Å². The Kier molecular flexibility index (Phi) is 3.94. The van der Waals surface area contributed by atoms with E-state index in [0.717, 1.165) is 28.3 Å². The van der Waals surface area contributed by atoms with E-state index in [1.54, 1.807) is 7.11 Å². The maximum Gasteiger partial charge on any atom is 0.220 e. The Morgan fingerprint density at radius 3 is 2.47 bits per heavy atom. The first-order valence-corrected chi connectivity index (χ1v) is 6.36. The Bertz CT molecular complexity index is 499. The molecule has 17 heavy (non-hydrogen) atoms. The molecule has 0 aliphatic carbocycles. The highest BCUT2D eigenvalue weighted by Crippen LogP contribution is 2.21. The van der Waals surface area contributed by atoms with Gasteiger partial charge in [0.05, 0.1) is 12.8 Å². The van der Waals surface area contributed by atoms with Gasteiger partial charge in [-0.3, -0.25) is 0 Å². The zero-order chi connectivity index (χ0) is 12.1. The van der Waals surface area contributed by atoms with Crippen molar-refractivity contribution in [3.05, 3.63) is 54.1 Å². The number of aryl methyl sites for hydroxylation is 1. The summed E-state index contributed by atoms with van der Waals surface area (Å²) in [6.07, 6.45) is 0. The molecule has 0 aliphatic rings. The third kappa shape index (κ3) is 2.94. The van der Waals surface area contributed by atoms with Crippen LogP contribution >= 0.6 is 0 Å². The quantitative estimate of drug-likeness (QED) is 0.660. The molecule has 0 spiro atoms. The second-order valence-corrected chi connectivity index (χ2v) is 4.64. The lowest BCUT2D eigenvalue weighted by Crippen LogP contribution is -2.00. The summed E-state index contributed by atoms with van der Waals surface area (Å²) in [7, 11) is 1.70. The van der Waals surface area contributed by atoms with Crippen LogP contribution in [-0.2, 0) is 11.9 Å². The first-order chi connectivity index (χ1) is 8.31. The second-order valence-electron chi connectivity index (χ2n) is 3.71. The molecule has 0 saturated carbocycles. The number of rotatable bonds is 4. The first-order valence-electron chi connectivity index (χ1n) is 5.46. The number of nitrogens with one attached hydrogen (secondary N) is 1. The summed E-state index contributed by atoms with van der Waals surface area (Å²) in [5.74, 6) is 0.912. The Morgan fingerprint density at radius 2 is 1.71 bits per heavy atom. The summed E-state index contributed by atoms with van der Waals surface area (Å²) in [5, 5.41) is 0. The zero-order valence-electron chi connectivity index (χ0n) is 9.97. The molecular weight excluding hydrogens is 230 g/mol. The van der Waals surface area contributed by atoms with Crippen molar-refractivity contribution in [1.29, 1.82) is 0 Å². The molecule has 0 aromatic heterocycles. The monoisotopic (exact) mass is 246 g/mol. The summed E-state index contributed by atoms with van der Waals surface area (Å²) < 4.78 is 8.71. The first kappa shape index (κ1) is 11.9. The van der Waals surface area contributed by atoms with Crippen LogP contribution in [0.2, 0.25) is 0 Å². The number of hydrogen-bond donors (Lipinski definition) is 1. The van der Waals surface area contributed by atoms with Crippen LogP contribution in [0.1, 0.15) is 5.56 Å². The number of thiol groups is 1. The largest absolute Gasteiger partial charge is 0.491 e. The van der Waals surface area contributed by atoms with E-state index in [0.29, 0.717) is 0 Å². The molecule has 2 aromatic carbocycles. The molecule has 2 nitrogen and oxygen atoms in total. The predicted octanol–water partition coefficient (Wildman–Crippen LogP) is 3.20. The van der Waals surface area contributed by atoms with E-state index in [2.05, 4.69) is 29.8 Å². The van der Waals surface area contributed by atoms with Gasteiger partial charge in [-0.1, -0.05) is 30.3 Å². The molecule has 0 amide bonds. The molecule has 0 bridgehead atoms.